The third-order valence-electron chi connectivity index (χ3n) is 6.72. The van der Waals surface area contributed by atoms with Gasteiger partial charge in [-0.25, -0.2) is 13.2 Å². The Bertz CT molecular complexity index is 1190. The maximum absolute atomic E-state index is 13.9. The Kier molecular flexibility index (Phi) is 4.96. The van der Waals surface area contributed by atoms with Crippen LogP contribution in [-0.4, -0.2) is 39.5 Å². The SMILES string of the molecule is Cc1c2n(cc(C(=O)CCc3c(F)cc(F)cc3F)c1=O)C[C@H]1O[C@@H]3CC[C@@H](C3)N1C2=O. The summed E-state index contributed by atoms with van der Waals surface area (Å²) in [5.41, 5.74) is -0.720. The topological polar surface area (TPSA) is 68.6 Å². The summed E-state index contributed by atoms with van der Waals surface area (Å²) in [6, 6.07) is 1.20. The average molecular weight is 446 g/mol. The molecule has 2 aromatic rings. The van der Waals surface area contributed by atoms with Gasteiger partial charge < -0.3 is 14.2 Å². The van der Waals surface area contributed by atoms with E-state index in [9.17, 15) is 27.6 Å². The van der Waals surface area contributed by atoms with E-state index in [1.54, 1.807) is 9.47 Å². The maximum atomic E-state index is 13.9. The van der Waals surface area contributed by atoms with Gasteiger partial charge in [-0.3, -0.25) is 14.4 Å². The van der Waals surface area contributed by atoms with Crippen molar-refractivity contribution in [3.63, 3.8) is 0 Å². The predicted octanol–water partition coefficient (Wildman–Crippen LogP) is 3.12. The summed E-state index contributed by atoms with van der Waals surface area (Å²) in [5.74, 6) is -4.09. The minimum atomic E-state index is -1.08. The van der Waals surface area contributed by atoms with Gasteiger partial charge in [-0.05, 0) is 32.6 Å². The molecule has 2 fully saturated rings. The van der Waals surface area contributed by atoms with Crippen molar-refractivity contribution >= 4 is 11.7 Å². The highest BCUT2D eigenvalue weighted by atomic mass is 19.1. The molecule has 2 bridgehead atoms. The van der Waals surface area contributed by atoms with Crippen LogP contribution >= 0.6 is 0 Å². The highest BCUT2D eigenvalue weighted by molar-refractivity contribution is 5.99. The molecule has 1 amide bonds. The number of fused-ring (bicyclic) bond motifs is 5. The Balaban J connectivity index is 1.44. The minimum Gasteiger partial charge on any atom is -0.353 e. The van der Waals surface area contributed by atoms with E-state index in [0.717, 1.165) is 19.3 Å². The van der Waals surface area contributed by atoms with Gasteiger partial charge in [0.25, 0.3) is 5.91 Å². The number of halogens is 3. The number of ether oxygens (including phenoxy) is 1. The number of hydrogen-bond donors (Lipinski definition) is 0. The molecule has 0 unspecified atom stereocenters. The summed E-state index contributed by atoms with van der Waals surface area (Å²) < 4.78 is 48.5. The van der Waals surface area contributed by atoms with Crippen molar-refractivity contribution in [1.29, 1.82) is 0 Å². The number of Topliss-reactive ketones (excluding diaryl/α,β-unsaturated/α-hetero) is 1. The molecule has 1 saturated heterocycles. The fourth-order valence-corrected chi connectivity index (χ4v) is 5.15. The van der Waals surface area contributed by atoms with Gasteiger partial charge >= 0.3 is 0 Å². The Morgan fingerprint density at radius 2 is 1.88 bits per heavy atom. The summed E-state index contributed by atoms with van der Waals surface area (Å²) in [6.45, 7) is 1.81. The van der Waals surface area contributed by atoms with Crippen molar-refractivity contribution in [2.75, 3.05) is 0 Å². The van der Waals surface area contributed by atoms with Crippen LogP contribution in [0.2, 0.25) is 0 Å². The van der Waals surface area contributed by atoms with Crippen LogP contribution in [0.3, 0.4) is 0 Å². The fourth-order valence-electron chi connectivity index (χ4n) is 5.15. The molecule has 0 spiro atoms. The number of pyridine rings is 1. The summed E-state index contributed by atoms with van der Waals surface area (Å²) >= 11 is 0. The lowest BCUT2D eigenvalue weighted by Crippen LogP contribution is -2.57. The summed E-state index contributed by atoms with van der Waals surface area (Å²) in [4.78, 5) is 40.6. The lowest BCUT2D eigenvalue weighted by Gasteiger charge is -2.44. The molecule has 2 aliphatic heterocycles. The van der Waals surface area contributed by atoms with Crippen LogP contribution in [-0.2, 0) is 17.7 Å². The van der Waals surface area contributed by atoms with Crippen molar-refractivity contribution in [1.82, 2.24) is 9.47 Å². The van der Waals surface area contributed by atoms with Gasteiger partial charge in [0.2, 0.25) is 0 Å². The molecular weight excluding hydrogens is 425 g/mol. The normalized spacial score (nSPS) is 23.8. The second-order valence-electron chi connectivity index (χ2n) is 8.66. The highest BCUT2D eigenvalue weighted by Crippen LogP contribution is 2.38. The van der Waals surface area contributed by atoms with Crippen molar-refractivity contribution < 1.29 is 27.5 Å². The first-order valence-electron chi connectivity index (χ1n) is 10.6. The summed E-state index contributed by atoms with van der Waals surface area (Å²) in [6.07, 6.45) is 2.89. The van der Waals surface area contributed by atoms with Gasteiger partial charge in [0.15, 0.2) is 17.4 Å². The molecule has 1 aliphatic carbocycles. The first-order chi connectivity index (χ1) is 15.2. The van der Waals surface area contributed by atoms with Gasteiger partial charge in [-0.15, -0.1) is 0 Å². The average Bonchev–Trinajstić information content (AvgIpc) is 3.10. The third-order valence-corrected chi connectivity index (χ3v) is 6.72. The zero-order valence-corrected chi connectivity index (χ0v) is 17.4. The number of nitrogens with zero attached hydrogens (tertiary/aromatic N) is 2. The number of hydrogen-bond acceptors (Lipinski definition) is 4. The largest absolute Gasteiger partial charge is 0.353 e. The maximum Gasteiger partial charge on any atom is 0.273 e. The van der Waals surface area contributed by atoms with Crippen LogP contribution in [0.5, 0.6) is 0 Å². The number of amides is 1. The first kappa shape index (κ1) is 20.9. The van der Waals surface area contributed by atoms with E-state index in [4.69, 9.17) is 4.74 Å². The van der Waals surface area contributed by atoms with E-state index in [2.05, 4.69) is 0 Å². The molecule has 9 heteroatoms. The van der Waals surface area contributed by atoms with Crippen molar-refractivity contribution in [2.24, 2.45) is 0 Å². The fraction of sp³-hybridized carbons (Fsp3) is 0.435. The number of rotatable bonds is 4. The van der Waals surface area contributed by atoms with E-state index >= 15 is 0 Å². The number of ketones is 1. The monoisotopic (exact) mass is 446 g/mol. The quantitative estimate of drug-likeness (QED) is 0.677. The van der Waals surface area contributed by atoms with E-state index in [1.807, 2.05) is 0 Å². The van der Waals surface area contributed by atoms with Gasteiger partial charge in [-0.2, -0.15) is 0 Å². The Labute approximate surface area is 181 Å². The van der Waals surface area contributed by atoms with Gasteiger partial charge in [0, 0.05) is 41.9 Å². The number of benzene rings is 1. The molecule has 168 valence electrons. The lowest BCUT2D eigenvalue weighted by atomic mass is 9.99. The van der Waals surface area contributed by atoms with Crippen molar-refractivity contribution in [3.05, 3.63) is 68.4 Å². The molecule has 6 nitrogen and oxygen atoms in total. The van der Waals surface area contributed by atoms with Gasteiger partial charge in [0.1, 0.15) is 23.1 Å². The first-order valence-corrected chi connectivity index (χ1v) is 10.6. The molecule has 0 radical (unpaired) electrons. The predicted molar refractivity (Wildman–Crippen MR) is 107 cm³/mol. The molecule has 32 heavy (non-hydrogen) atoms. The van der Waals surface area contributed by atoms with E-state index in [-0.39, 0.29) is 47.7 Å². The second-order valence-corrected chi connectivity index (χ2v) is 8.66. The van der Waals surface area contributed by atoms with Gasteiger partial charge in [-0.1, -0.05) is 0 Å². The molecule has 3 heterocycles. The molecule has 3 aliphatic rings. The molecule has 1 aromatic carbocycles. The van der Waals surface area contributed by atoms with Crippen molar-refractivity contribution in [3.8, 4) is 0 Å². The Morgan fingerprint density at radius 1 is 1.16 bits per heavy atom. The van der Waals surface area contributed by atoms with E-state index in [0.29, 0.717) is 18.7 Å². The van der Waals surface area contributed by atoms with Crippen LogP contribution < -0.4 is 5.43 Å². The molecule has 1 saturated carbocycles. The van der Waals surface area contributed by atoms with E-state index < -0.39 is 40.5 Å². The summed E-state index contributed by atoms with van der Waals surface area (Å²) in [7, 11) is 0. The Morgan fingerprint density at radius 3 is 2.59 bits per heavy atom. The van der Waals surface area contributed by atoms with Crippen LogP contribution in [0.4, 0.5) is 13.2 Å². The standard InChI is InChI=1S/C23H21F3N2O4/c1-11-21-23(31)28-13-2-3-14(8-13)32-20(28)10-27(21)9-16(22(11)30)19(29)5-4-15-17(25)6-12(24)7-18(15)26/h6-7,9,13-14,20H,2-5,8,10H2,1H3/t13-,14+,20+/m0/s1. The molecule has 0 N–H and O–H groups in total. The third kappa shape index (κ3) is 3.26. The minimum absolute atomic E-state index is 0.0938. The van der Waals surface area contributed by atoms with Crippen LogP contribution in [0.1, 0.15) is 57.7 Å². The zero-order chi connectivity index (χ0) is 22.7. The molecule has 5 rings (SSSR count). The highest BCUT2D eigenvalue weighted by Gasteiger charge is 2.47. The second kappa shape index (κ2) is 7.58. The van der Waals surface area contributed by atoms with Crippen molar-refractivity contribution in [2.45, 2.75) is 63.9 Å². The number of carbonyl (C=O) groups is 2. The van der Waals surface area contributed by atoms with Crippen LogP contribution in [0.15, 0.2) is 23.1 Å². The van der Waals surface area contributed by atoms with Crippen LogP contribution in [0, 0.1) is 24.4 Å². The summed E-state index contributed by atoms with van der Waals surface area (Å²) in [5, 5.41) is 0. The zero-order valence-electron chi connectivity index (χ0n) is 17.4. The molecule has 3 atom stereocenters. The lowest BCUT2D eigenvalue weighted by molar-refractivity contribution is -0.132. The molecular formula is C23H21F3N2O4. The van der Waals surface area contributed by atoms with Crippen LogP contribution in [0.25, 0.3) is 0 Å². The number of carbonyl (C=O) groups excluding carboxylic acids is 2. The number of aromatic nitrogens is 1. The van der Waals surface area contributed by atoms with Gasteiger partial charge in [0.05, 0.1) is 18.2 Å². The van der Waals surface area contributed by atoms with E-state index in [1.165, 1.54) is 13.1 Å². The smallest absolute Gasteiger partial charge is 0.273 e. The molecule has 1 aromatic heterocycles. The Hall–Kier alpha value is -2.94.